The quantitative estimate of drug-likeness (QED) is 0.503. The number of nitrogens with zero attached hydrogens (tertiary/aromatic N) is 2. The number of halogens is 1. The van der Waals surface area contributed by atoms with Crippen LogP contribution in [0.15, 0.2) is 54.6 Å². The van der Waals surface area contributed by atoms with Crippen LogP contribution in [0.2, 0.25) is 5.15 Å². The molecule has 0 unspecified atom stereocenters. The van der Waals surface area contributed by atoms with Crippen LogP contribution in [-0.4, -0.2) is 36.6 Å². The van der Waals surface area contributed by atoms with Crippen LogP contribution in [0.1, 0.15) is 23.2 Å². The fourth-order valence-corrected chi connectivity index (χ4v) is 3.52. The standard InChI is InChI=1S/C22H20ClN3O3/c23-20-10-4-15-13-16(3-9-19(15)25-20)22(28)29-14-21(27)24-17-5-7-18(8-6-17)26-11-1-2-12-26/h3-10,13H,1-2,11-12,14H2,(H,24,27). The molecule has 2 heterocycles. The number of benzene rings is 2. The molecule has 6 nitrogen and oxygen atoms in total. The zero-order valence-electron chi connectivity index (χ0n) is 15.7. The number of carbonyl (C=O) groups is 2. The highest BCUT2D eigenvalue weighted by Crippen LogP contribution is 2.22. The van der Waals surface area contributed by atoms with E-state index >= 15 is 0 Å². The summed E-state index contributed by atoms with van der Waals surface area (Å²) >= 11 is 5.86. The highest BCUT2D eigenvalue weighted by Gasteiger charge is 2.13. The first kappa shape index (κ1) is 19.2. The molecule has 29 heavy (non-hydrogen) atoms. The van der Waals surface area contributed by atoms with Crippen LogP contribution in [0.4, 0.5) is 11.4 Å². The molecule has 1 aromatic heterocycles. The second-order valence-electron chi connectivity index (χ2n) is 6.91. The first-order chi connectivity index (χ1) is 14.1. The summed E-state index contributed by atoms with van der Waals surface area (Å²) in [5.41, 5.74) is 2.86. The lowest BCUT2D eigenvalue weighted by Gasteiger charge is -2.17. The van der Waals surface area contributed by atoms with Crippen molar-refractivity contribution < 1.29 is 14.3 Å². The molecule has 0 aliphatic carbocycles. The number of hydrogen-bond donors (Lipinski definition) is 1. The molecule has 1 N–H and O–H groups in total. The summed E-state index contributed by atoms with van der Waals surface area (Å²) in [5.74, 6) is -0.956. The molecule has 0 bridgehead atoms. The van der Waals surface area contributed by atoms with Crippen LogP contribution in [0, 0.1) is 0 Å². The van der Waals surface area contributed by atoms with Crippen LogP contribution >= 0.6 is 11.6 Å². The van der Waals surface area contributed by atoms with Gasteiger partial charge in [0.2, 0.25) is 0 Å². The normalized spacial score (nSPS) is 13.5. The molecule has 0 atom stereocenters. The number of pyridine rings is 1. The highest BCUT2D eigenvalue weighted by atomic mass is 35.5. The van der Waals surface area contributed by atoms with Gasteiger partial charge in [0.25, 0.3) is 5.91 Å². The smallest absolute Gasteiger partial charge is 0.338 e. The van der Waals surface area contributed by atoms with Crippen molar-refractivity contribution in [1.82, 2.24) is 4.98 Å². The third-order valence-corrected chi connectivity index (χ3v) is 5.06. The number of fused-ring (bicyclic) bond motifs is 1. The molecule has 4 rings (SSSR count). The Morgan fingerprint density at radius 1 is 1.03 bits per heavy atom. The third-order valence-electron chi connectivity index (χ3n) is 4.85. The lowest BCUT2D eigenvalue weighted by molar-refractivity contribution is -0.119. The molecular formula is C22H20ClN3O3. The number of anilines is 2. The molecule has 1 fully saturated rings. The Labute approximate surface area is 173 Å². The van der Waals surface area contributed by atoms with Crippen LogP contribution < -0.4 is 10.2 Å². The number of amides is 1. The summed E-state index contributed by atoms with van der Waals surface area (Å²) in [6.07, 6.45) is 2.43. The van der Waals surface area contributed by atoms with Crippen LogP contribution in [-0.2, 0) is 9.53 Å². The average molecular weight is 410 g/mol. The molecular weight excluding hydrogens is 390 g/mol. The van der Waals surface area contributed by atoms with Gasteiger partial charge in [-0.05, 0) is 67.4 Å². The Morgan fingerprint density at radius 2 is 1.79 bits per heavy atom. The van der Waals surface area contributed by atoms with Crippen molar-refractivity contribution in [3.63, 3.8) is 0 Å². The Hall–Kier alpha value is -3.12. The summed E-state index contributed by atoms with van der Waals surface area (Å²) in [7, 11) is 0. The molecule has 1 aliphatic heterocycles. The van der Waals surface area contributed by atoms with E-state index in [1.807, 2.05) is 24.3 Å². The fourth-order valence-electron chi connectivity index (χ4n) is 3.37. The molecule has 3 aromatic rings. The Balaban J connectivity index is 1.32. The monoisotopic (exact) mass is 409 g/mol. The van der Waals surface area contributed by atoms with Gasteiger partial charge < -0.3 is 15.0 Å². The topological polar surface area (TPSA) is 71.5 Å². The summed E-state index contributed by atoms with van der Waals surface area (Å²) in [6.45, 7) is 1.78. The summed E-state index contributed by atoms with van der Waals surface area (Å²) in [6, 6.07) is 16.1. The molecule has 2 aromatic carbocycles. The van der Waals surface area contributed by atoms with E-state index in [4.69, 9.17) is 16.3 Å². The van der Waals surface area contributed by atoms with E-state index in [0.29, 0.717) is 21.9 Å². The highest BCUT2D eigenvalue weighted by molar-refractivity contribution is 6.29. The van der Waals surface area contributed by atoms with Crippen molar-refractivity contribution in [2.45, 2.75) is 12.8 Å². The number of ether oxygens (including phenoxy) is 1. The number of hydrogen-bond acceptors (Lipinski definition) is 5. The van der Waals surface area contributed by atoms with E-state index in [1.165, 1.54) is 12.8 Å². The number of esters is 1. The van der Waals surface area contributed by atoms with E-state index in [1.54, 1.807) is 30.3 Å². The van der Waals surface area contributed by atoms with E-state index in [2.05, 4.69) is 15.2 Å². The van der Waals surface area contributed by atoms with E-state index in [9.17, 15) is 9.59 Å². The van der Waals surface area contributed by atoms with E-state index in [-0.39, 0.29) is 12.5 Å². The lowest BCUT2D eigenvalue weighted by atomic mass is 10.1. The Morgan fingerprint density at radius 3 is 2.55 bits per heavy atom. The number of rotatable bonds is 5. The average Bonchev–Trinajstić information content (AvgIpc) is 3.27. The first-order valence-electron chi connectivity index (χ1n) is 9.47. The molecule has 1 amide bonds. The number of nitrogens with one attached hydrogen (secondary N) is 1. The maximum Gasteiger partial charge on any atom is 0.338 e. The van der Waals surface area contributed by atoms with Gasteiger partial charge in [-0.15, -0.1) is 0 Å². The number of carbonyl (C=O) groups excluding carboxylic acids is 2. The predicted octanol–water partition coefficient (Wildman–Crippen LogP) is 4.28. The van der Waals surface area contributed by atoms with Crippen molar-refractivity contribution in [2.24, 2.45) is 0 Å². The zero-order chi connectivity index (χ0) is 20.2. The van der Waals surface area contributed by atoms with Crippen molar-refractivity contribution in [1.29, 1.82) is 0 Å². The fraction of sp³-hybridized carbons (Fsp3) is 0.227. The van der Waals surface area contributed by atoms with Crippen molar-refractivity contribution in [3.8, 4) is 0 Å². The SMILES string of the molecule is O=C(COC(=O)c1ccc2nc(Cl)ccc2c1)Nc1ccc(N2CCCC2)cc1. The minimum absolute atomic E-state index is 0.351. The van der Waals surface area contributed by atoms with Gasteiger partial charge in [-0.3, -0.25) is 4.79 Å². The first-order valence-corrected chi connectivity index (χ1v) is 9.84. The van der Waals surface area contributed by atoms with Crippen molar-refractivity contribution in [3.05, 3.63) is 65.3 Å². The van der Waals surface area contributed by atoms with Crippen molar-refractivity contribution >= 4 is 45.8 Å². The largest absolute Gasteiger partial charge is 0.452 e. The van der Waals surface area contributed by atoms with Gasteiger partial charge in [0.05, 0.1) is 11.1 Å². The van der Waals surface area contributed by atoms with Crippen LogP contribution in [0.5, 0.6) is 0 Å². The molecule has 7 heteroatoms. The predicted molar refractivity (Wildman–Crippen MR) is 114 cm³/mol. The second-order valence-corrected chi connectivity index (χ2v) is 7.29. The van der Waals surface area contributed by atoms with Gasteiger partial charge in [0.1, 0.15) is 5.15 Å². The zero-order valence-corrected chi connectivity index (χ0v) is 16.5. The minimum Gasteiger partial charge on any atom is -0.452 e. The van der Waals surface area contributed by atoms with Gasteiger partial charge in [0.15, 0.2) is 6.61 Å². The van der Waals surface area contributed by atoms with Gasteiger partial charge in [-0.1, -0.05) is 11.6 Å². The Bertz CT molecular complexity index is 1050. The van der Waals surface area contributed by atoms with Gasteiger partial charge in [-0.25, -0.2) is 9.78 Å². The molecule has 0 radical (unpaired) electrons. The summed E-state index contributed by atoms with van der Waals surface area (Å²) < 4.78 is 5.13. The maximum atomic E-state index is 12.2. The van der Waals surface area contributed by atoms with Crippen LogP contribution in [0.3, 0.4) is 0 Å². The lowest BCUT2D eigenvalue weighted by Crippen LogP contribution is -2.21. The van der Waals surface area contributed by atoms with Gasteiger partial charge in [-0.2, -0.15) is 0 Å². The van der Waals surface area contributed by atoms with Gasteiger partial charge >= 0.3 is 5.97 Å². The minimum atomic E-state index is -0.568. The third kappa shape index (κ3) is 4.66. The van der Waals surface area contributed by atoms with Crippen LogP contribution in [0.25, 0.3) is 10.9 Å². The molecule has 0 saturated carbocycles. The maximum absolute atomic E-state index is 12.2. The van der Waals surface area contributed by atoms with Crippen molar-refractivity contribution in [2.75, 3.05) is 29.9 Å². The molecule has 1 aliphatic rings. The molecule has 1 saturated heterocycles. The number of aromatic nitrogens is 1. The molecule has 148 valence electrons. The Kier molecular flexibility index (Phi) is 5.62. The molecule has 0 spiro atoms. The second kappa shape index (κ2) is 8.49. The van der Waals surface area contributed by atoms with Gasteiger partial charge in [0, 0.05) is 29.9 Å². The summed E-state index contributed by atoms with van der Waals surface area (Å²) in [5, 5.41) is 3.90. The summed E-state index contributed by atoms with van der Waals surface area (Å²) in [4.78, 5) is 30.9. The van der Waals surface area contributed by atoms with E-state index < -0.39 is 5.97 Å². The van der Waals surface area contributed by atoms with E-state index in [0.717, 1.165) is 24.2 Å².